The Labute approximate surface area is 106 Å². The standard InChI is InChI=1S/C14H28N2O/c1-12(2)10-14(7-4-5-8-14)11-16-13(17)6-9-15-3/h12,15H,4-11H2,1-3H3,(H,16,17). The van der Waals surface area contributed by atoms with Crippen molar-refractivity contribution in [3.63, 3.8) is 0 Å². The lowest BCUT2D eigenvalue weighted by Crippen LogP contribution is -2.37. The van der Waals surface area contributed by atoms with Crippen LogP contribution in [-0.4, -0.2) is 26.0 Å². The van der Waals surface area contributed by atoms with Crippen molar-refractivity contribution in [2.24, 2.45) is 11.3 Å². The maximum absolute atomic E-state index is 11.6. The second-order valence-corrected chi connectivity index (χ2v) is 5.94. The summed E-state index contributed by atoms with van der Waals surface area (Å²) in [7, 11) is 1.88. The molecule has 0 aromatic carbocycles. The zero-order valence-corrected chi connectivity index (χ0v) is 11.6. The van der Waals surface area contributed by atoms with Crippen LogP contribution < -0.4 is 10.6 Å². The Hall–Kier alpha value is -0.570. The lowest BCUT2D eigenvalue weighted by atomic mass is 9.78. The summed E-state index contributed by atoms with van der Waals surface area (Å²) >= 11 is 0. The molecule has 0 aliphatic heterocycles. The number of hydrogen-bond acceptors (Lipinski definition) is 2. The van der Waals surface area contributed by atoms with Crippen LogP contribution in [0.2, 0.25) is 0 Å². The molecule has 1 aliphatic carbocycles. The van der Waals surface area contributed by atoms with E-state index in [1.807, 2.05) is 7.05 Å². The maximum Gasteiger partial charge on any atom is 0.221 e. The topological polar surface area (TPSA) is 41.1 Å². The number of nitrogens with one attached hydrogen (secondary N) is 2. The van der Waals surface area contributed by atoms with Gasteiger partial charge in [0.1, 0.15) is 0 Å². The van der Waals surface area contributed by atoms with Gasteiger partial charge in [-0.2, -0.15) is 0 Å². The van der Waals surface area contributed by atoms with Gasteiger partial charge in [-0.3, -0.25) is 4.79 Å². The molecule has 0 atom stereocenters. The van der Waals surface area contributed by atoms with E-state index < -0.39 is 0 Å². The van der Waals surface area contributed by atoms with E-state index in [4.69, 9.17) is 0 Å². The average molecular weight is 240 g/mol. The maximum atomic E-state index is 11.6. The Morgan fingerprint density at radius 3 is 2.47 bits per heavy atom. The Morgan fingerprint density at radius 2 is 1.94 bits per heavy atom. The second kappa shape index (κ2) is 7.00. The van der Waals surface area contributed by atoms with E-state index in [2.05, 4.69) is 24.5 Å². The molecule has 1 aliphatic rings. The molecule has 3 heteroatoms. The fraction of sp³-hybridized carbons (Fsp3) is 0.929. The molecular formula is C14H28N2O. The van der Waals surface area contributed by atoms with Gasteiger partial charge < -0.3 is 10.6 Å². The molecule has 0 heterocycles. The Bertz CT molecular complexity index is 232. The van der Waals surface area contributed by atoms with E-state index in [-0.39, 0.29) is 5.91 Å². The second-order valence-electron chi connectivity index (χ2n) is 5.94. The predicted octanol–water partition coefficient (Wildman–Crippen LogP) is 2.32. The van der Waals surface area contributed by atoms with Gasteiger partial charge in [0.15, 0.2) is 0 Å². The monoisotopic (exact) mass is 240 g/mol. The summed E-state index contributed by atoms with van der Waals surface area (Å²) in [6.45, 7) is 6.21. The van der Waals surface area contributed by atoms with E-state index in [0.717, 1.165) is 19.0 Å². The Kier molecular flexibility index (Phi) is 5.96. The number of carbonyl (C=O) groups is 1. The van der Waals surface area contributed by atoms with E-state index >= 15 is 0 Å². The van der Waals surface area contributed by atoms with Crippen LogP contribution in [0.25, 0.3) is 0 Å². The first kappa shape index (κ1) is 14.5. The molecule has 1 amide bonds. The molecule has 2 N–H and O–H groups in total. The van der Waals surface area contributed by atoms with Gasteiger partial charge in [0.05, 0.1) is 0 Å². The van der Waals surface area contributed by atoms with Crippen molar-refractivity contribution in [2.75, 3.05) is 20.1 Å². The lowest BCUT2D eigenvalue weighted by Gasteiger charge is -2.31. The van der Waals surface area contributed by atoms with Gasteiger partial charge in [0.2, 0.25) is 5.91 Å². The summed E-state index contributed by atoms with van der Waals surface area (Å²) in [5.41, 5.74) is 0.392. The Balaban J connectivity index is 2.36. The summed E-state index contributed by atoms with van der Waals surface area (Å²) in [5.74, 6) is 0.914. The minimum absolute atomic E-state index is 0.189. The quantitative estimate of drug-likeness (QED) is 0.717. The number of amides is 1. The van der Waals surface area contributed by atoms with Gasteiger partial charge in [-0.1, -0.05) is 26.7 Å². The zero-order valence-electron chi connectivity index (χ0n) is 11.6. The van der Waals surface area contributed by atoms with Crippen LogP contribution in [0.5, 0.6) is 0 Å². The normalized spacial score (nSPS) is 18.6. The zero-order chi connectivity index (χ0) is 12.7. The Morgan fingerprint density at radius 1 is 1.29 bits per heavy atom. The smallest absolute Gasteiger partial charge is 0.221 e. The highest BCUT2D eigenvalue weighted by atomic mass is 16.1. The van der Waals surface area contributed by atoms with Crippen LogP contribution in [-0.2, 0) is 4.79 Å². The SMILES string of the molecule is CNCCC(=O)NCC1(CC(C)C)CCCC1. The van der Waals surface area contributed by atoms with Crippen LogP contribution in [0.1, 0.15) is 52.4 Å². The predicted molar refractivity (Wildman–Crippen MR) is 71.9 cm³/mol. The minimum atomic E-state index is 0.189. The molecule has 1 rings (SSSR count). The van der Waals surface area contributed by atoms with Crippen molar-refractivity contribution in [2.45, 2.75) is 52.4 Å². The number of hydrogen-bond donors (Lipinski definition) is 2. The van der Waals surface area contributed by atoms with Crippen LogP contribution in [0.4, 0.5) is 0 Å². The molecule has 1 saturated carbocycles. The van der Waals surface area contributed by atoms with Gasteiger partial charge in [-0.05, 0) is 37.6 Å². The largest absolute Gasteiger partial charge is 0.356 e. The number of carbonyl (C=O) groups excluding carboxylic acids is 1. The molecule has 0 spiro atoms. The van der Waals surface area contributed by atoms with Crippen LogP contribution in [0.15, 0.2) is 0 Å². The van der Waals surface area contributed by atoms with Gasteiger partial charge in [-0.15, -0.1) is 0 Å². The third-order valence-corrected chi connectivity index (χ3v) is 3.77. The highest BCUT2D eigenvalue weighted by Crippen LogP contribution is 2.42. The average Bonchev–Trinajstić information content (AvgIpc) is 2.71. The fourth-order valence-corrected chi connectivity index (χ4v) is 3.06. The van der Waals surface area contributed by atoms with Crippen LogP contribution in [0, 0.1) is 11.3 Å². The molecule has 3 nitrogen and oxygen atoms in total. The van der Waals surface area contributed by atoms with Crippen molar-refractivity contribution in [1.82, 2.24) is 10.6 Å². The molecule has 0 radical (unpaired) electrons. The first-order valence-electron chi connectivity index (χ1n) is 6.99. The molecule has 100 valence electrons. The third-order valence-electron chi connectivity index (χ3n) is 3.77. The van der Waals surface area contributed by atoms with Crippen LogP contribution >= 0.6 is 0 Å². The number of rotatable bonds is 7. The molecule has 0 aromatic rings. The van der Waals surface area contributed by atoms with Crippen molar-refractivity contribution in [3.05, 3.63) is 0 Å². The summed E-state index contributed by atoms with van der Waals surface area (Å²) in [6.07, 6.45) is 7.08. The summed E-state index contributed by atoms with van der Waals surface area (Å²) < 4.78 is 0. The van der Waals surface area contributed by atoms with Gasteiger partial charge >= 0.3 is 0 Å². The van der Waals surface area contributed by atoms with Crippen molar-refractivity contribution in [1.29, 1.82) is 0 Å². The molecule has 0 saturated heterocycles. The molecule has 0 aromatic heterocycles. The van der Waals surface area contributed by atoms with Gasteiger partial charge in [0.25, 0.3) is 0 Å². The summed E-state index contributed by atoms with van der Waals surface area (Å²) in [6, 6.07) is 0. The lowest BCUT2D eigenvalue weighted by molar-refractivity contribution is -0.121. The van der Waals surface area contributed by atoms with E-state index in [1.54, 1.807) is 0 Å². The van der Waals surface area contributed by atoms with Gasteiger partial charge in [0, 0.05) is 19.5 Å². The molecule has 0 unspecified atom stereocenters. The molecular weight excluding hydrogens is 212 g/mol. The van der Waals surface area contributed by atoms with Gasteiger partial charge in [-0.25, -0.2) is 0 Å². The first-order valence-corrected chi connectivity index (χ1v) is 6.99. The summed E-state index contributed by atoms with van der Waals surface area (Å²) in [4.78, 5) is 11.6. The minimum Gasteiger partial charge on any atom is -0.356 e. The first-order chi connectivity index (χ1) is 8.08. The highest BCUT2D eigenvalue weighted by molar-refractivity contribution is 5.76. The van der Waals surface area contributed by atoms with E-state index in [9.17, 15) is 4.79 Å². The third kappa shape index (κ3) is 5.07. The van der Waals surface area contributed by atoms with E-state index in [1.165, 1.54) is 32.1 Å². The fourth-order valence-electron chi connectivity index (χ4n) is 3.06. The van der Waals surface area contributed by atoms with E-state index in [0.29, 0.717) is 11.8 Å². The molecule has 17 heavy (non-hydrogen) atoms. The highest BCUT2D eigenvalue weighted by Gasteiger charge is 2.34. The molecule has 1 fully saturated rings. The molecule has 0 bridgehead atoms. The van der Waals surface area contributed by atoms with Crippen molar-refractivity contribution >= 4 is 5.91 Å². The van der Waals surface area contributed by atoms with Crippen LogP contribution in [0.3, 0.4) is 0 Å². The summed E-state index contributed by atoms with van der Waals surface area (Å²) in [5, 5.41) is 6.13. The van der Waals surface area contributed by atoms with Crippen molar-refractivity contribution < 1.29 is 4.79 Å². The van der Waals surface area contributed by atoms with Crippen molar-refractivity contribution in [3.8, 4) is 0 Å².